The highest BCUT2D eigenvalue weighted by molar-refractivity contribution is 7.20. The van der Waals surface area contributed by atoms with Crippen LogP contribution < -0.4 is 10.1 Å². The minimum absolute atomic E-state index is 0.0141. The number of ether oxygens (including phenoxy) is 2. The van der Waals surface area contributed by atoms with Crippen molar-refractivity contribution in [3.05, 3.63) is 40.0 Å². The summed E-state index contributed by atoms with van der Waals surface area (Å²) in [5.41, 5.74) is 1.51. The van der Waals surface area contributed by atoms with Gasteiger partial charge in [0, 0.05) is 5.02 Å². The van der Waals surface area contributed by atoms with Crippen molar-refractivity contribution in [3.8, 4) is 5.75 Å². The van der Waals surface area contributed by atoms with E-state index in [9.17, 15) is 4.79 Å². The number of carbonyl (C=O) groups excluding carboxylic acids is 1. The van der Waals surface area contributed by atoms with Crippen LogP contribution in [0.5, 0.6) is 5.75 Å². The number of aromatic nitrogens is 2. The molecule has 0 aliphatic heterocycles. The first-order chi connectivity index (χ1) is 14.1. The molecule has 0 saturated heterocycles. The van der Waals surface area contributed by atoms with Crippen molar-refractivity contribution >= 4 is 50.6 Å². The van der Waals surface area contributed by atoms with Gasteiger partial charge in [-0.25, -0.2) is 14.8 Å². The van der Waals surface area contributed by atoms with Crippen molar-refractivity contribution in [2.24, 2.45) is 0 Å². The van der Waals surface area contributed by atoms with Crippen molar-refractivity contribution in [1.29, 1.82) is 0 Å². The van der Waals surface area contributed by atoms with Crippen LogP contribution in [-0.4, -0.2) is 29.2 Å². The number of esters is 1. The van der Waals surface area contributed by atoms with Gasteiger partial charge >= 0.3 is 5.97 Å². The van der Waals surface area contributed by atoms with Crippen LogP contribution >= 0.6 is 22.9 Å². The Balaban J connectivity index is 1.66. The van der Waals surface area contributed by atoms with Gasteiger partial charge in [0.15, 0.2) is 0 Å². The molecule has 0 atom stereocenters. The maximum atomic E-state index is 12.8. The molecule has 2 aromatic heterocycles. The molecule has 1 fully saturated rings. The van der Waals surface area contributed by atoms with E-state index in [0.29, 0.717) is 27.2 Å². The summed E-state index contributed by atoms with van der Waals surface area (Å²) in [6, 6.07) is 5.32. The third-order valence-electron chi connectivity index (χ3n) is 5.15. The van der Waals surface area contributed by atoms with Crippen LogP contribution in [0.2, 0.25) is 5.02 Å². The molecule has 0 unspecified atom stereocenters. The van der Waals surface area contributed by atoms with E-state index < -0.39 is 0 Å². The highest BCUT2D eigenvalue weighted by Crippen LogP contribution is 2.37. The van der Waals surface area contributed by atoms with E-state index >= 15 is 0 Å². The maximum Gasteiger partial charge on any atom is 0.348 e. The lowest BCUT2D eigenvalue weighted by atomic mass is 9.98. The van der Waals surface area contributed by atoms with Gasteiger partial charge in [0.1, 0.15) is 33.7 Å². The summed E-state index contributed by atoms with van der Waals surface area (Å²) >= 11 is 7.48. The highest BCUT2D eigenvalue weighted by atomic mass is 35.5. The lowest BCUT2D eigenvalue weighted by molar-refractivity contribution is 0.0216. The van der Waals surface area contributed by atoms with E-state index in [0.717, 1.165) is 41.5 Å². The molecule has 0 spiro atoms. The molecule has 29 heavy (non-hydrogen) atoms. The van der Waals surface area contributed by atoms with E-state index in [-0.39, 0.29) is 12.1 Å². The molecule has 0 bridgehead atoms. The van der Waals surface area contributed by atoms with Crippen LogP contribution in [-0.2, 0) is 4.74 Å². The number of anilines is 2. The zero-order chi connectivity index (χ0) is 20.4. The van der Waals surface area contributed by atoms with Crippen molar-refractivity contribution in [3.63, 3.8) is 0 Å². The number of rotatable bonds is 5. The molecule has 1 N–H and O–H groups in total. The van der Waals surface area contributed by atoms with Gasteiger partial charge in [-0.1, -0.05) is 18.0 Å². The minimum atomic E-state index is -0.274. The Morgan fingerprint density at radius 3 is 2.79 bits per heavy atom. The Morgan fingerprint density at radius 1 is 1.24 bits per heavy atom. The van der Waals surface area contributed by atoms with Crippen LogP contribution in [0.1, 0.15) is 47.3 Å². The van der Waals surface area contributed by atoms with Gasteiger partial charge in [0.25, 0.3) is 0 Å². The van der Waals surface area contributed by atoms with Crippen LogP contribution in [0, 0.1) is 6.92 Å². The Bertz CT molecular complexity index is 1050. The fraction of sp³-hybridized carbons (Fsp3) is 0.381. The topological polar surface area (TPSA) is 73.3 Å². The van der Waals surface area contributed by atoms with E-state index in [2.05, 4.69) is 15.3 Å². The first-order valence-corrected chi connectivity index (χ1v) is 10.8. The molecule has 3 aromatic rings. The standard InChI is InChI=1S/C21H22ClN3O3S/c1-12-17-19(25-15-10-13(22)8-9-16(15)27-2)23-11-24-20(17)29-18(12)21(26)28-14-6-4-3-5-7-14/h8-11,14H,3-7H2,1-2H3,(H,23,24,25). The van der Waals surface area contributed by atoms with Crippen LogP contribution in [0.4, 0.5) is 11.5 Å². The number of hydrogen-bond donors (Lipinski definition) is 1. The number of aryl methyl sites for hydroxylation is 1. The number of nitrogens with zero attached hydrogens (tertiary/aromatic N) is 2. The van der Waals surface area contributed by atoms with Gasteiger partial charge in [-0.2, -0.15) is 0 Å². The Labute approximate surface area is 178 Å². The largest absolute Gasteiger partial charge is 0.495 e. The lowest BCUT2D eigenvalue weighted by Gasteiger charge is -2.21. The molecular formula is C21H22ClN3O3S. The highest BCUT2D eigenvalue weighted by Gasteiger charge is 2.24. The first kappa shape index (κ1) is 19.9. The number of methoxy groups -OCH3 is 1. The number of benzene rings is 1. The number of fused-ring (bicyclic) bond motifs is 1. The Kier molecular flexibility index (Phi) is 5.87. The monoisotopic (exact) mass is 431 g/mol. The van der Waals surface area contributed by atoms with Gasteiger partial charge in [0.2, 0.25) is 0 Å². The van der Waals surface area contributed by atoms with Crippen LogP contribution in [0.15, 0.2) is 24.5 Å². The number of halogens is 1. The normalized spacial score (nSPS) is 14.7. The third kappa shape index (κ3) is 4.16. The average molecular weight is 432 g/mol. The fourth-order valence-electron chi connectivity index (χ4n) is 3.65. The van der Waals surface area contributed by atoms with E-state index in [1.165, 1.54) is 24.1 Å². The maximum absolute atomic E-state index is 12.8. The summed E-state index contributed by atoms with van der Waals surface area (Å²) in [4.78, 5) is 22.9. The second-order valence-electron chi connectivity index (χ2n) is 7.09. The first-order valence-electron chi connectivity index (χ1n) is 9.62. The predicted octanol–water partition coefficient (Wildman–Crippen LogP) is 5.89. The zero-order valence-corrected chi connectivity index (χ0v) is 17.9. The molecule has 4 rings (SSSR count). The summed E-state index contributed by atoms with van der Waals surface area (Å²) < 4.78 is 11.2. The quantitative estimate of drug-likeness (QED) is 0.507. The predicted molar refractivity (Wildman–Crippen MR) is 116 cm³/mol. The van der Waals surface area contributed by atoms with Gasteiger partial charge in [0.05, 0.1) is 18.2 Å². The second kappa shape index (κ2) is 8.55. The number of carbonyl (C=O) groups is 1. The summed E-state index contributed by atoms with van der Waals surface area (Å²) in [7, 11) is 1.60. The Morgan fingerprint density at radius 2 is 2.03 bits per heavy atom. The molecule has 0 amide bonds. The molecule has 8 heteroatoms. The average Bonchev–Trinajstić information content (AvgIpc) is 3.07. The summed E-state index contributed by atoms with van der Waals surface area (Å²) in [6.45, 7) is 1.90. The van der Waals surface area contributed by atoms with Crippen LogP contribution in [0.25, 0.3) is 10.2 Å². The van der Waals surface area contributed by atoms with E-state index in [1.807, 2.05) is 6.92 Å². The molecule has 1 aliphatic rings. The Hall–Kier alpha value is -2.38. The van der Waals surface area contributed by atoms with Gasteiger partial charge < -0.3 is 14.8 Å². The molecule has 1 saturated carbocycles. The number of thiophene rings is 1. The molecular weight excluding hydrogens is 410 g/mol. The third-order valence-corrected chi connectivity index (χ3v) is 6.57. The fourth-order valence-corrected chi connectivity index (χ4v) is 4.86. The SMILES string of the molecule is COc1ccc(Cl)cc1Nc1ncnc2sc(C(=O)OC3CCCCC3)c(C)c12. The van der Waals surface area contributed by atoms with Crippen molar-refractivity contribution in [2.45, 2.75) is 45.1 Å². The van der Waals surface area contributed by atoms with Gasteiger partial charge in [-0.3, -0.25) is 0 Å². The molecule has 0 radical (unpaired) electrons. The number of nitrogens with one attached hydrogen (secondary N) is 1. The molecule has 1 aromatic carbocycles. The molecule has 152 valence electrons. The summed E-state index contributed by atoms with van der Waals surface area (Å²) in [5, 5.41) is 4.66. The van der Waals surface area contributed by atoms with E-state index in [4.69, 9.17) is 21.1 Å². The summed E-state index contributed by atoms with van der Waals surface area (Å²) in [6.07, 6.45) is 6.82. The lowest BCUT2D eigenvalue weighted by Crippen LogP contribution is -2.20. The minimum Gasteiger partial charge on any atom is -0.495 e. The zero-order valence-electron chi connectivity index (χ0n) is 16.3. The molecule has 6 nitrogen and oxygen atoms in total. The van der Waals surface area contributed by atoms with E-state index in [1.54, 1.807) is 25.3 Å². The van der Waals surface area contributed by atoms with Crippen molar-refractivity contribution in [2.75, 3.05) is 12.4 Å². The summed E-state index contributed by atoms with van der Waals surface area (Å²) in [5.74, 6) is 0.968. The van der Waals surface area contributed by atoms with Gasteiger partial charge in [-0.15, -0.1) is 11.3 Å². The second-order valence-corrected chi connectivity index (χ2v) is 8.53. The van der Waals surface area contributed by atoms with Crippen LogP contribution in [0.3, 0.4) is 0 Å². The number of hydrogen-bond acceptors (Lipinski definition) is 7. The molecule has 1 aliphatic carbocycles. The van der Waals surface area contributed by atoms with Crippen molar-refractivity contribution in [1.82, 2.24) is 9.97 Å². The van der Waals surface area contributed by atoms with Gasteiger partial charge in [-0.05, 0) is 56.4 Å². The molecule has 2 heterocycles. The smallest absolute Gasteiger partial charge is 0.348 e. The van der Waals surface area contributed by atoms with Crippen molar-refractivity contribution < 1.29 is 14.3 Å².